The lowest BCUT2D eigenvalue weighted by Gasteiger charge is -2.40. The molecule has 0 aromatic carbocycles. The van der Waals surface area contributed by atoms with Crippen molar-refractivity contribution >= 4 is 27.7 Å². The first-order chi connectivity index (χ1) is 9.63. The Labute approximate surface area is 124 Å². The molecule has 7 heteroatoms. The Bertz CT molecular complexity index is 635. The second-order valence-corrected chi connectivity index (χ2v) is 5.61. The van der Waals surface area contributed by atoms with Gasteiger partial charge in [-0.05, 0) is 34.1 Å². The van der Waals surface area contributed by atoms with Gasteiger partial charge in [0, 0.05) is 32.5 Å². The Morgan fingerprint density at radius 2 is 2.25 bits per heavy atom. The van der Waals surface area contributed by atoms with E-state index in [1.165, 1.54) is 0 Å². The number of rotatable bonds is 3. The average molecular weight is 336 g/mol. The molecule has 2 aromatic rings. The van der Waals surface area contributed by atoms with Crippen molar-refractivity contribution < 1.29 is 4.79 Å². The minimum atomic E-state index is -0.129. The first-order valence-electron chi connectivity index (χ1n) is 6.29. The lowest BCUT2D eigenvalue weighted by Crippen LogP contribution is -2.59. The minimum Gasteiger partial charge on any atom is -0.351 e. The molecule has 1 aliphatic heterocycles. The zero-order valence-corrected chi connectivity index (χ0v) is 12.5. The normalized spacial score (nSPS) is 15.0. The van der Waals surface area contributed by atoms with E-state index in [0.717, 1.165) is 23.4 Å². The summed E-state index contributed by atoms with van der Waals surface area (Å²) < 4.78 is 2.59. The molecule has 1 N–H and O–H groups in total. The average Bonchev–Trinajstić information content (AvgIpc) is 2.81. The van der Waals surface area contributed by atoms with E-state index in [0.29, 0.717) is 5.69 Å². The Morgan fingerprint density at radius 3 is 2.90 bits per heavy atom. The molecule has 20 heavy (non-hydrogen) atoms. The Morgan fingerprint density at radius 1 is 1.45 bits per heavy atom. The highest BCUT2D eigenvalue weighted by Crippen LogP contribution is 2.26. The van der Waals surface area contributed by atoms with Crippen LogP contribution in [0.15, 0.2) is 35.1 Å². The van der Waals surface area contributed by atoms with E-state index >= 15 is 0 Å². The van der Waals surface area contributed by atoms with Crippen LogP contribution < -0.4 is 10.2 Å². The highest BCUT2D eigenvalue weighted by Gasteiger charge is 2.30. The predicted molar refractivity (Wildman–Crippen MR) is 78.6 cm³/mol. The number of aromatic nitrogens is 3. The van der Waals surface area contributed by atoms with Crippen LogP contribution in [0.1, 0.15) is 10.5 Å². The molecule has 1 amide bonds. The lowest BCUT2D eigenvalue weighted by molar-refractivity contribution is 0.0924. The van der Waals surface area contributed by atoms with Gasteiger partial charge in [0.15, 0.2) is 0 Å². The fourth-order valence-electron chi connectivity index (χ4n) is 2.15. The van der Waals surface area contributed by atoms with Crippen molar-refractivity contribution in [2.75, 3.05) is 18.0 Å². The van der Waals surface area contributed by atoms with Crippen molar-refractivity contribution in [2.24, 2.45) is 7.05 Å². The first kappa shape index (κ1) is 13.1. The maximum Gasteiger partial charge on any atom is 0.272 e. The molecule has 0 spiro atoms. The van der Waals surface area contributed by atoms with Crippen molar-refractivity contribution in [1.82, 2.24) is 20.1 Å². The molecular weight excluding hydrogens is 322 g/mol. The molecule has 1 saturated heterocycles. The van der Waals surface area contributed by atoms with Gasteiger partial charge in [-0.3, -0.25) is 9.48 Å². The van der Waals surface area contributed by atoms with Crippen LogP contribution in [0.4, 0.5) is 5.82 Å². The number of aryl methyl sites for hydroxylation is 1. The van der Waals surface area contributed by atoms with E-state index in [-0.39, 0.29) is 11.9 Å². The van der Waals surface area contributed by atoms with Gasteiger partial charge in [-0.15, -0.1) is 0 Å². The summed E-state index contributed by atoms with van der Waals surface area (Å²) in [5.74, 6) is 0.783. The highest BCUT2D eigenvalue weighted by atomic mass is 79.9. The molecule has 6 nitrogen and oxygen atoms in total. The molecule has 0 saturated carbocycles. The molecule has 0 radical (unpaired) electrons. The Kier molecular flexibility index (Phi) is 3.43. The maximum atomic E-state index is 11.9. The molecule has 3 heterocycles. The fourth-order valence-corrected chi connectivity index (χ4v) is 2.65. The standard InChI is InChI=1S/C13H14BrN5O/c1-18-6-4-11(17-18)13(20)16-9-7-19(8-9)12-10(14)3-2-5-15-12/h2-6,9H,7-8H2,1H3,(H,16,20). The molecule has 0 atom stereocenters. The van der Waals surface area contributed by atoms with Crippen molar-refractivity contribution in [2.45, 2.75) is 6.04 Å². The minimum absolute atomic E-state index is 0.129. The molecule has 0 bridgehead atoms. The topological polar surface area (TPSA) is 63.1 Å². The maximum absolute atomic E-state index is 11.9. The number of nitrogens with zero attached hydrogens (tertiary/aromatic N) is 4. The molecule has 0 unspecified atom stereocenters. The summed E-state index contributed by atoms with van der Waals surface area (Å²) in [7, 11) is 1.79. The van der Waals surface area contributed by atoms with E-state index in [1.807, 2.05) is 12.1 Å². The second kappa shape index (κ2) is 5.24. The van der Waals surface area contributed by atoms with Gasteiger partial charge in [-0.25, -0.2) is 4.98 Å². The van der Waals surface area contributed by atoms with Crippen LogP contribution in [0, 0.1) is 0 Å². The summed E-state index contributed by atoms with van der Waals surface area (Å²) in [5.41, 5.74) is 0.449. The first-order valence-corrected chi connectivity index (χ1v) is 7.09. The van der Waals surface area contributed by atoms with Crippen LogP contribution in [0.3, 0.4) is 0 Å². The van der Waals surface area contributed by atoms with Gasteiger partial charge in [0.2, 0.25) is 0 Å². The largest absolute Gasteiger partial charge is 0.351 e. The van der Waals surface area contributed by atoms with E-state index in [1.54, 1.807) is 30.2 Å². The van der Waals surface area contributed by atoms with Crippen molar-refractivity contribution in [3.8, 4) is 0 Å². The SMILES string of the molecule is Cn1ccc(C(=O)NC2CN(c3ncccc3Br)C2)n1. The van der Waals surface area contributed by atoms with Crippen LogP contribution in [-0.4, -0.2) is 39.8 Å². The van der Waals surface area contributed by atoms with Gasteiger partial charge in [0.05, 0.1) is 10.5 Å². The zero-order chi connectivity index (χ0) is 14.1. The fraction of sp³-hybridized carbons (Fsp3) is 0.308. The number of carbonyl (C=O) groups is 1. The number of pyridine rings is 1. The van der Waals surface area contributed by atoms with Gasteiger partial charge in [0.1, 0.15) is 11.5 Å². The van der Waals surface area contributed by atoms with Crippen LogP contribution in [0.25, 0.3) is 0 Å². The number of hydrogen-bond donors (Lipinski definition) is 1. The lowest BCUT2D eigenvalue weighted by atomic mass is 10.1. The van der Waals surface area contributed by atoms with Crippen LogP contribution in [-0.2, 0) is 7.05 Å². The van der Waals surface area contributed by atoms with Crippen molar-refractivity contribution in [3.63, 3.8) is 0 Å². The second-order valence-electron chi connectivity index (χ2n) is 4.76. The van der Waals surface area contributed by atoms with E-state index in [2.05, 4.69) is 36.2 Å². The van der Waals surface area contributed by atoms with Gasteiger partial charge >= 0.3 is 0 Å². The third-order valence-corrected chi connectivity index (χ3v) is 3.82. The molecule has 104 valence electrons. The predicted octanol–water partition coefficient (Wildman–Crippen LogP) is 1.20. The van der Waals surface area contributed by atoms with Crippen molar-refractivity contribution in [1.29, 1.82) is 0 Å². The number of nitrogens with one attached hydrogen (secondary N) is 1. The Balaban J connectivity index is 1.56. The van der Waals surface area contributed by atoms with E-state index in [9.17, 15) is 4.79 Å². The summed E-state index contributed by atoms with van der Waals surface area (Å²) >= 11 is 3.48. The van der Waals surface area contributed by atoms with Gasteiger partial charge in [-0.2, -0.15) is 5.10 Å². The zero-order valence-electron chi connectivity index (χ0n) is 11.0. The third kappa shape index (κ3) is 2.53. The van der Waals surface area contributed by atoms with Gasteiger partial charge in [0.25, 0.3) is 5.91 Å². The number of halogens is 1. The molecule has 3 rings (SSSR count). The molecule has 2 aromatic heterocycles. The summed E-state index contributed by atoms with van der Waals surface area (Å²) in [6, 6.07) is 5.69. The van der Waals surface area contributed by atoms with Crippen LogP contribution in [0.5, 0.6) is 0 Å². The van der Waals surface area contributed by atoms with E-state index in [4.69, 9.17) is 0 Å². The third-order valence-electron chi connectivity index (χ3n) is 3.20. The number of hydrogen-bond acceptors (Lipinski definition) is 4. The summed E-state index contributed by atoms with van der Waals surface area (Å²) in [4.78, 5) is 18.4. The number of carbonyl (C=O) groups excluding carboxylic acids is 1. The van der Waals surface area contributed by atoms with Crippen LogP contribution >= 0.6 is 15.9 Å². The molecule has 0 aliphatic carbocycles. The van der Waals surface area contributed by atoms with Crippen molar-refractivity contribution in [3.05, 3.63) is 40.8 Å². The number of anilines is 1. The van der Waals surface area contributed by atoms with Gasteiger partial charge in [-0.1, -0.05) is 0 Å². The van der Waals surface area contributed by atoms with E-state index < -0.39 is 0 Å². The quantitative estimate of drug-likeness (QED) is 0.915. The molecule has 1 fully saturated rings. The molecular formula is C13H14BrN5O. The Hall–Kier alpha value is -1.89. The smallest absolute Gasteiger partial charge is 0.272 e. The highest BCUT2D eigenvalue weighted by molar-refractivity contribution is 9.10. The summed E-state index contributed by atoms with van der Waals surface area (Å²) in [6.07, 6.45) is 3.52. The van der Waals surface area contributed by atoms with Gasteiger partial charge < -0.3 is 10.2 Å². The summed E-state index contributed by atoms with van der Waals surface area (Å²) in [6.45, 7) is 1.52. The molecule has 1 aliphatic rings. The summed E-state index contributed by atoms with van der Waals surface area (Å²) in [5, 5.41) is 7.05. The number of amides is 1. The monoisotopic (exact) mass is 335 g/mol. The van der Waals surface area contributed by atoms with Crippen LogP contribution in [0.2, 0.25) is 0 Å².